The van der Waals surface area contributed by atoms with E-state index in [-0.39, 0.29) is 5.41 Å². The molecule has 2 saturated carbocycles. The predicted molar refractivity (Wildman–Crippen MR) is 80.3 cm³/mol. The molecule has 2 fully saturated rings. The summed E-state index contributed by atoms with van der Waals surface area (Å²) in [6.45, 7) is 4.66. The Morgan fingerprint density at radius 3 is 2.60 bits per heavy atom. The van der Waals surface area contributed by atoms with Gasteiger partial charge in [0.25, 0.3) is 0 Å². The van der Waals surface area contributed by atoms with E-state index in [1.807, 2.05) is 17.8 Å². The number of nitrogens with zero attached hydrogens (tertiary/aromatic N) is 3. The van der Waals surface area contributed by atoms with Crippen LogP contribution in [-0.4, -0.2) is 21.6 Å². The summed E-state index contributed by atoms with van der Waals surface area (Å²) < 4.78 is 1.96. The van der Waals surface area contributed by atoms with Gasteiger partial charge in [-0.3, -0.25) is 0 Å². The summed E-state index contributed by atoms with van der Waals surface area (Å²) in [5.41, 5.74) is 3.76. The van der Waals surface area contributed by atoms with Crippen LogP contribution in [-0.2, 0) is 5.41 Å². The maximum atomic E-state index is 5.00. The fourth-order valence-electron chi connectivity index (χ4n) is 3.18. The Morgan fingerprint density at radius 1 is 1.25 bits per heavy atom. The summed E-state index contributed by atoms with van der Waals surface area (Å²) in [7, 11) is 1.96. The van der Waals surface area contributed by atoms with Gasteiger partial charge in [0.1, 0.15) is 5.82 Å². The van der Waals surface area contributed by atoms with Gasteiger partial charge in [-0.1, -0.05) is 13.8 Å². The summed E-state index contributed by atoms with van der Waals surface area (Å²) in [6.07, 6.45) is 7.25. The molecule has 0 aliphatic heterocycles. The first kappa shape index (κ1) is 12.2. The third-order valence-electron chi connectivity index (χ3n) is 5.03. The molecule has 2 aliphatic carbocycles. The number of anilines is 1. The average Bonchev–Trinajstić information content (AvgIpc) is 3.33. The number of hydrogen-bond acceptors (Lipinski definition) is 3. The van der Waals surface area contributed by atoms with E-state index in [0.29, 0.717) is 5.92 Å². The zero-order chi connectivity index (χ0) is 13.9. The van der Waals surface area contributed by atoms with Crippen molar-refractivity contribution in [3.8, 4) is 0 Å². The van der Waals surface area contributed by atoms with Crippen LogP contribution in [0, 0.1) is 5.92 Å². The molecule has 0 unspecified atom stereocenters. The monoisotopic (exact) mass is 270 g/mol. The normalized spacial score (nSPS) is 19.6. The molecule has 4 heteroatoms. The maximum Gasteiger partial charge on any atom is 0.161 e. The van der Waals surface area contributed by atoms with Crippen molar-refractivity contribution in [2.45, 2.75) is 50.9 Å². The lowest BCUT2D eigenvalue weighted by Crippen LogP contribution is -2.22. The second-order valence-electron chi connectivity index (χ2n) is 6.88. The lowest BCUT2D eigenvalue weighted by Gasteiger charge is -2.24. The SMILES string of the molecule is CNc1cc(C(C)(C)C2CC2)nc2c(C3CC3)cnn12. The summed E-state index contributed by atoms with van der Waals surface area (Å²) in [5, 5.41) is 7.80. The van der Waals surface area contributed by atoms with Crippen molar-refractivity contribution in [1.82, 2.24) is 14.6 Å². The molecular formula is C16H22N4. The quantitative estimate of drug-likeness (QED) is 0.926. The summed E-state index contributed by atoms with van der Waals surface area (Å²) in [6, 6.07) is 2.18. The molecule has 2 aliphatic rings. The van der Waals surface area contributed by atoms with Crippen LogP contribution in [0.25, 0.3) is 5.65 Å². The average molecular weight is 270 g/mol. The highest BCUT2D eigenvalue weighted by Gasteiger charge is 2.40. The zero-order valence-electron chi connectivity index (χ0n) is 12.5. The summed E-state index contributed by atoms with van der Waals surface area (Å²) in [4.78, 5) is 5.00. The van der Waals surface area contributed by atoms with Gasteiger partial charge in [0.05, 0.1) is 11.9 Å². The maximum absolute atomic E-state index is 5.00. The molecule has 0 bridgehead atoms. The van der Waals surface area contributed by atoms with Crippen molar-refractivity contribution in [2.75, 3.05) is 12.4 Å². The second kappa shape index (κ2) is 3.96. The molecule has 0 spiro atoms. The molecule has 1 N–H and O–H groups in total. The van der Waals surface area contributed by atoms with Gasteiger partial charge in [-0.25, -0.2) is 4.98 Å². The van der Waals surface area contributed by atoms with Crippen LogP contribution in [0.15, 0.2) is 12.3 Å². The van der Waals surface area contributed by atoms with Crippen LogP contribution in [0.3, 0.4) is 0 Å². The van der Waals surface area contributed by atoms with Crippen molar-refractivity contribution in [3.63, 3.8) is 0 Å². The van der Waals surface area contributed by atoms with Crippen LogP contribution in [0.4, 0.5) is 5.82 Å². The highest BCUT2D eigenvalue weighted by Crippen LogP contribution is 2.47. The number of aromatic nitrogens is 3. The van der Waals surface area contributed by atoms with E-state index in [1.54, 1.807) is 0 Å². The minimum absolute atomic E-state index is 0.165. The van der Waals surface area contributed by atoms with E-state index in [0.717, 1.165) is 17.4 Å². The standard InChI is InChI=1S/C16H22N4/c1-16(2,11-6-7-11)13-8-14(17-3)20-15(19-13)12(9-18-20)10-4-5-10/h8-11,17H,4-7H2,1-3H3. The predicted octanol–water partition coefficient (Wildman–Crippen LogP) is 3.34. The topological polar surface area (TPSA) is 42.2 Å². The highest BCUT2D eigenvalue weighted by molar-refractivity contribution is 5.57. The minimum Gasteiger partial charge on any atom is -0.373 e. The van der Waals surface area contributed by atoms with E-state index in [2.05, 4.69) is 30.3 Å². The van der Waals surface area contributed by atoms with Gasteiger partial charge in [0, 0.05) is 24.1 Å². The van der Waals surface area contributed by atoms with Gasteiger partial charge in [0.2, 0.25) is 0 Å². The van der Waals surface area contributed by atoms with E-state index >= 15 is 0 Å². The van der Waals surface area contributed by atoms with Crippen LogP contribution in [0.5, 0.6) is 0 Å². The lowest BCUT2D eigenvalue weighted by molar-refractivity contribution is 0.441. The van der Waals surface area contributed by atoms with Crippen LogP contribution in [0.1, 0.15) is 56.7 Å². The van der Waals surface area contributed by atoms with Gasteiger partial charge in [-0.15, -0.1) is 0 Å². The van der Waals surface area contributed by atoms with Crippen molar-refractivity contribution < 1.29 is 0 Å². The Balaban J connectivity index is 1.90. The van der Waals surface area contributed by atoms with Gasteiger partial charge in [-0.05, 0) is 37.5 Å². The molecule has 20 heavy (non-hydrogen) atoms. The number of nitrogens with one attached hydrogen (secondary N) is 1. The van der Waals surface area contributed by atoms with E-state index in [4.69, 9.17) is 4.98 Å². The summed E-state index contributed by atoms with van der Waals surface area (Å²) in [5.74, 6) is 2.52. The Morgan fingerprint density at radius 2 is 2.00 bits per heavy atom. The molecular weight excluding hydrogens is 248 g/mol. The van der Waals surface area contributed by atoms with Gasteiger partial charge in [-0.2, -0.15) is 9.61 Å². The van der Waals surface area contributed by atoms with Crippen LogP contribution < -0.4 is 5.32 Å². The fourth-order valence-corrected chi connectivity index (χ4v) is 3.18. The third-order valence-corrected chi connectivity index (χ3v) is 5.03. The molecule has 0 amide bonds. The fraction of sp³-hybridized carbons (Fsp3) is 0.625. The van der Waals surface area contributed by atoms with Crippen molar-refractivity contribution in [2.24, 2.45) is 5.92 Å². The van der Waals surface area contributed by atoms with E-state index in [1.165, 1.54) is 36.9 Å². The minimum atomic E-state index is 0.165. The molecule has 0 saturated heterocycles. The summed E-state index contributed by atoms with van der Waals surface area (Å²) >= 11 is 0. The molecule has 106 valence electrons. The van der Waals surface area contributed by atoms with Crippen molar-refractivity contribution in [1.29, 1.82) is 0 Å². The zero-order valence-corrected chi connectivity index (χ0v) is 12.5. The first-order valence-electron chi connectivity index (χ1n) is 7.68. The molecule has 0 atom stereocenters. The Labute approximate surface area is 119 Å². The van der Waals surface area contributed by atoms with Gasteiger partial charge < -0.3 is 5.32 Å². The first-order valence-corrected chi connectivity index (χ1v) is 7.68. The smallest absolute Gasteiger partial charge is 0.161 e. The second-order valence-corrected chi connectivity index (χ2v) is 6.88. The van der Waals surface area contributed by atoms with Crippen molar-refractivity contribution in [3.05, 3.63) is 23.5 Å². The number of hydrogen-bond donors (Lipinski definition) is 1. The molecule has 4 rings (SSSR count). The largest absolute Gasteiger partial charge is 0.373 e. The first-order chi connectivity index (χ1) is 9.61. The van der Waals surface area contributed by atoms with Crippen molar-refractivity contribution >= 4 is 11.5 Å². The number of rotatable bonds is 4. The Bertz CT molecular complexity index is 662. The Hall–Kier alpha value is -1.58. The van der Waals surface area contributed by atoms with Gasteiger partial charge >= 0.3 is 0 Å². The van der Waals surface area contributed by atoms with E-state index < -0.39 is 0 Å². The van der Waals surface area contributed by atoms with Crippen LogP contribution in [0.2, 0.25) is 0 Å². The lowest BCUT2D eigenvalue weighted by atomic mass is 9.83. The molecule has 0 aromatic carbocycles. The van der Waals surface area contributed by atoms with Crippen LogP contribution >= 0.6 is 0 Å². The van der Waals surface area contributed by atoms with E-state index in [9.17, 15) is 0 Å². The molecule has 0 radical (unpaired) electrons. The molecule has 2 aromatic heterocycles. The molecule has 4 nitrogen and oxygen atoms in total. The highest BCUT2D eigenvalue weighted by atomic mass is 15.3. The van der Waals surface area contributed by atoms with Gasteiger partial charge in [0.15, 0.2) is 5.65 Å². The Kier molecular flexibility index (Phi) is 2.41. The number of fused-ring (bicyclic) bond motifs is 1. The third kappa shape index (κ3) is 1.74. The molecule has 2 aromatic rings. The molecule has 2 heterocycles.